The van der Waals surface area contributed by atoms with Crippen LogP contribution in [0.3, 0.4) is 0 Å². The molecule has 0 N–H and O–H groups in total. The molecule has 0 fully saturated rings. The molecule has 1 aliphatic rings. The molecule has 2 heterocycles. The van der Waals surface area contributed by atoms with Crippen LogP contribution >= 0.6 is 11.6 Å². The molecule has 0 bridgehead atoms. The molecule has 0 saturated carbocycles. The number of guanidine groups is 1. The van der Waals surface area contributed by atoms with E-state index in [1.54, 1.807) is 7.05 Å². The van der Waals surface area contributed by atoms with Crippen molar-refractivity contribution >= 4 is 17.6 Å². The molecule has 96 valence electrons. The molecule has 1 aromatic rings. The van der Waals surface area contributed by atoms with Gasteiger partial charge in [-0.3, -0.25) is 13.9 Å². The van der Waals surface area contributed by atoms with E-state index < -0.39 is 11.2 Å². The lowest BCUT2D eigenvalue weighted by atomic mass is 10.5. The summed E-state index contributed by atoms with van der Waals surface area (Å²) in [6, 6.07) is 0. The van der Waals surface area contributed by atoms with Gasteiger partial charge in [0, 0.05) is 26.5 Å². The highest BCUT2D eigenvalue weighted by Gasteiger charge is 2.13. The zero-order chi connectivity index (χ0) is 13.3. The number of fused-ring (bicyclic) bond motifs is 1. The SMILES string of the molecule is Cn1c(=O)c2c(n(C)c1=O)=NC(=NCCCCl)N=2. The van der Waals surface area contributed by atoms with Gasteiger partial charge in [0.1, 0.15) is 0 Å². The first-order valence-corrected chi connectivity index (χ1v) is 5.93. The standard InChI is InChI=1S/C10H12ClN5O2/c1-15-7-6(8(17)16(2)10(15)18)13-9(14-7)12-5-3-4-11/h3-5H2,1-2H3. The zero-order valence-corrected chi connectivity index (χ0v) is 10.8. The second kappa shape index (κ2) is 4.85. The molecule has 0 aliphatic carbocycles. The first-order chi connectivity index (χ1) is 8.56. The second-order valence-electron chi connectivity index (χ2n) is 3.83. The van der Waals surface area contributed by atoms with Crippen LogP contribution in [0.2, 0.25) is 0 Å². The van der Waals surface area contributed by atoms with E-state index in [0.717, 1.165) is 4.57 Å². The summed E-state index contributed by atoms with van der Waals surface area (Å²) in [6.45, 7) is 0.494. The van der Waals surface area contributed by atoms with E-state index >= 15 is 0 Å². The molecule has 0 saturated heterocycles. The average Bonchev–Trinajstić information content (AvgIpc) is 2.78. The number of aromatic nitrogens is 2. The molecule has 8 heteroatoms. The number of rotatable bonds is 3. The Balaban J connectivity index is 2.63. The fourth-order valence-corrected chi connectivity index (χ4v) is 1.69. The highest BCUT2D eigenvalue weighted by Crippen LogP contribution is 1.89. The van der Waals surface area contributed by atoms with Crippen molar-refractivity contribution in [3.05, 3.63) is 31.7 Å². The maximum atomic E-state index is 11.8. The van der Waals surface area contributed by atoms with Crippen LogP contribution in [0.5, 0.6) is 0 Å². The van der Waals surface area contributed by atoms with Gasteiger partial charge in [0.15, 0.2) is 10.8 Å². The molecular formula is C10H12ClN5O2. The predicted octanol–water partition coefficient (Wildman–Crippen LogP) is -1.68. The van der Waals surface area contributed by atoms with E-state index in [1.165, 1.54) is 11.6 Å². The van der Waals surface area contributed by atoms with Crippen molar-refractivity contribution in [2.75, 3.05) is 12.4 Å². The van der Waals surface area contributed by atoms with Crippen molar-refractivity contribution in [3.8, 4) is 0 Å². The van der Waals surface area contributed by atoms with E-state index in [1.807, 2.05) is 0 Å². The molecule has 0 atom stereocenters. The summed E-state index contributed by atoms with van der Waals surface area (Å²) in [5.74, 6) is 0.720. The van der Waals surface area contributed by atoms with Crippen molar-refractivity contribution in [2.45, 2.75) is 6.42 Å². The minimum atomic E-state index is -0.459. The Morgan fingerprint density at radius 2 is 1.94 bits per heavy atom. The van der Waals surface area contributed by atoms with Crippen molar-refractivity contribution in [3.63, 3.8) is 0 Å². The lowest BCUT2D eigenvalue weighted by molar-refractivity contribution is 0.648. The maximum Gasteiger partial charge on any atom is 0.332 e. The van der Waals surface area contributed by atoms with Crippen molar-refractivity contribution < 1.29 is 0 Å². The molecule has 0 radical (unpaired) electrons. The molecular weight excluding hydrogens is 258 g/mol. The van der Waals surface area contributed by atoms with Crippen LogP contribution in [-0.2, 0) is 14.1 Å². The van der Waals surface area contributed by atoms with E-state index in [0.29, 0.717) is 18.8 Å². The van der Waals surface area contributed by atoms with Gasteiger partial charge in [0.25, 0.3) is 5.56 Å². The number of halogens is 1. The number of aliphatic imine (C=N–C) groups is 1. The first-order valence-electron chi connectivity index (χ1n) is 5.40. The van der Waals surface area contributed by atoms with Crippen LogP contribution in [0.25, 0.3) is 0 Å². The first kappa shape index (κ1) is 12.7. The van der Waals surface area contributed by atoms with Crippen LogP contribution in [0, 0.1) is 0 Å². The Hall–Kier alpha value is -1.76. The summed E-state index contributed by atoms with van der Waals surface area (Å²) < 4.78 is 2.28. The van der Waals surface area contributed by atoms with Crippen LogP contribution in [0.15, 0.2) is 24.6 Å². The smallest absolute Gasteiger partial charge is 0.279 e. The van der Waals surface area contributed by atoms with Crippen molar-refractivity contribution in [1.82, 2.24) is 9.13 Å². The Morgan fingerprint density at radius 3 is 2.61 bits per heavy atom. The second-order valence-corrected chi connectivity index (χ2v) is 4.20. The molecule has 2 rings (SSSR count). The minimum absolute atomic E-state index is 0.157. The van der Waals surface area contributed by atoms with E-state index in [4.69, 9.17) is 11.6 Å². The van der Waals surface area contributed by atoms with Gasteiger partial charge in [-0.05, 0) is 6.42 Å². The summed E-state index contributed by atoms with van der Waals surface area (Å²) >= 11 is 5.54. The molecule has 7 nitrogen and oxygen atoms in total. The number of hydrogen-bond donors (Lipinski definition) is 0. The van der Waals surface area contributed by atoms with Crippen LogP contribution < -0.4 is 22.1 Å². The van der Waals surface area contributed by atoms with Crippen molar-refractivity contribution in [2.24, 2.45) is 29.1 Å². The Labute approximate surface area is 107 Å². The van der Waals surface area contributed by atoms with Gasteiger partial charge in [-0.2, -0.15) is 4.99 Å². The summed E-state index contributed by atoms with van der Waals surface area (Å²) in [6.07, 6.45) is 0.712. The normalized spacial score (nSPS) is 15.4. The van der Waals surface area contributed by atoms with Crippen LogP contribution in [-0.4, -0.2) is 27.5 Å². The summed E-state index contributed by atoms with van der Waals surface area (Å²) in [4.78, 5) is 35.7. The van der Waals surface area contributed by atoms with Gasteiger partial charge >= 0.3 is 5.69 Å². The highest BCUT2D eigenvalue weighted by molar-refractivity contribution is 6.17. The highest BCUT2D eigenvalue weighted by atomic mass is 35.5. The molecule has 0 aromatic carbocycles. The molecule has 0 unspecified atom stereocenters. The van der Waals surface area contributed by atoms with Gasteiger partial charge < -0.3 is 0 Å². The molecule has 1 aromatic heterocycles. The largest absolute Gasteiger partial charge is 0.332 e. The molecule has 18 heavy (non-hydrogen) atoms. The van der Waals surface area contributed by atoms with Gasteiger partial charge in [-0.15, -0.1) is 11.6 Å². The molecule has 0 amide bonds. The monoisotopic (exact) mass is 269 g/mol. The van der Waals surface area contributed by atoms with Crippen LogP contribution in [0.4, 0.5) is 0 Å². The average molecular weight is 270 g/mol. The molecule has 1 aliphatic heterocycles. The fraction of sp³-hybridized carbons (Fsp3) is 0.500. The van der Waals surface area contributed by atoms with Gasteiger partial charge in [0.2, 0.25) is 5.96 Å². The topological polar surface area (TPSA) is 81.1 Å². The third kappa shape index (κ3) is 2.01. The lowest BCUT2D eigenvalue weighted by Gasteiger charge is -1.98. The summed E-state index contributed by atoms with van der Waals surface area (Å²) in [5.41, 5.74) is -0.633. The third-order valence-electron chi connectivity index (χ3n) is 2.57. The third-order valence-corrected chi connectivity index (χ3v) is 2.84. The lowest BCUT2D eigenvalue weighted by Crippen LogP contribution is -2.55. The van der Waals surface area contributed by atoms with Crippen molar-refractivity contribution in [1.29, 1.82) is 0 Å². The van der Waals surface area contributed by atoms with Crippen LogP contribution in [0.1, 0.15) is 6.42 Å². The maximum absolute atomic E-state index is 11.8. The summed E-state index contributed by atoms with van der Waals surface area (Å²) in [5, 5.41) is 0.157. The number of hydrogen-bond acceptors (Lipinski definition) is 3. The Bertz CT molecular complexity index is 743. The Morgan fingerprint density at radius 1 is 1.22 bits per heavy atom. The fourth-order valence-electron chi connectivity index (χ4n) is 1.57. The predicted molar refractivity (Wildman–Crippen MR) is 66.9 cm³/mol. The zero-order valence-electron chi connectivity index (χ0n) is 10.1. The number of alkyl halides is 1. The Kier molecular flexibility index (Phi) is 3.42. The summed E-state index contributed by atoms with van der Waals surface area (Å²) in [7, 11) is 2.95. The number of nitrogens with zero attached hydrogens (tertiary/aromatic N) is 5. The van der Waals surface area contributed by atoms with E-state index in [2.05, 4.69) is 15.0 Å². The van der Waals surface area contributed by atoms with Gasteiger partial charge in [0.05, 0.1) is 0 Å². The quantitative estimate of drug-likeness (QED) is 0.485. The van der Waals surface area contributed by atoms with Gasteiger partial charge in [-0.1, -0.05) is 0 Å². The minimum Gasteiger partial charge on any atom is -0.279 e. The van der Waals surface area contributed by atoms with E-state index in [-0.39, 0.29) is 16.8 Å². The van der Waals surface area contributed by atoms with E-state index in [9.17, 15) is 9.59 Å². The van der Waals surface area contributed by atoms with Gasteiger partial charge in [-0.25, -0.2) is 14.8 Å². The molecule has 0 spiro atoms.